The largest absolute Gasteiger partial charge is 0.330 e. The van der Waals surface area contributed by atoms with Gasteiger partial charge in [-0.05, 0) is 0 Å². The average molecular weight is 136 g/mol. The molecule has 52 valence electrons. The molecule has 0 fully saturated rings. The molecule has 0 unspecified atom stereocenters. The van der Waals surface area contributed by atoms with Gasteiger partial charge in [0.05, 0.1) is 11.9 Å². The topological polar surface area (TPSA) is 59.1 Å². The van der Waals surface area contributed by atoms with Crippen molar-refractivity contribution in [2.24, 2.45) is 5.73 Å². The van der Waals surface area contributed by atoms with E-state index in [9.17, 15) is 0 Å². The van der Waals surface area contributed by atoms with E-state index in [1.54, 1.807) is 6.20 Å². The Kier molecular flexibility index (Phi) is 1.01. The molecule has 0 aromatic carbocycles. The molecule has 0 aliphatic rings. The molecule has 0 radical (unpaired) electrons. The molecule has 2 rings (SSSR count). The monoisotopic (exact) mass is 136 g/mol. The van der Waals surface area contributed by atoms with Gasteiger partial charge in [0.25, 0.3) is 0 Å². The highest BCUT2D eigenvalue weighted by molar-refractivity contribution is 5.30. The summed E-state index contributed by atoms with van der Waals surface area (Å²) in [4.78, 5) is 7.05. The summed E-state index contributed by atoms with van der Waals surface area (Å²) in [5.74, 6) is 0.848. The highest BCUT2D eigenvalue weighted by Gasteiger charge is 1.98. The zero-order chi connectivity index (χ0) is 6.97. The van der Waals surface area contributed by atoms with Crippen molar-refractivity contribution >= 4 is 5.78 Å². The minimum absolute atomic E-state index is 0.527. The first-order valence-electron chi connectivity index (χ1n) is 3.11. The van der Waals surface area contributed by atoms with Crippen LogP contribution in [-0.4, -0.2) is 14.4 Å². The second kappa shape index (κ2) is 1.85. The van der Waals surface area contributed by atoms with Crippen molar-refractivity contribution in [1.82, 2.24) is 14.4 Å². The van der Waals surface area contributed by atoms with Crippen LogP contribution in [0.1, 0.15) is 5.69 Å². The summed E-state index contributed by atoms with van der Waals surface area (Å²) in [6.07, 6.45) is 5.51. The standard InChI is InChI=1S/C6H8N4/c7-3-5-4-9-6-8-1-2-10(5)6/h1-2,4H,3,7H2,(H,8,9). The second-order valence-electron chi connectivity index (χ2n) is 2.11. The minimum Gasteiger partial charge on any atom is -0.330 e. The highest BCUT2D eigenvalue weighted by Crippen LogP contribution is 2.01. The van der Waals surface area contributed by atoms with E-state index in [0.29, 0.717) is 6.54 Å². The van der Waals surface area contributed by atoms with E-state index in [1.807, 2.05) is 16.8 Å². The Morgan fingerprint density at radius 1 is 1.70 bits per heavy atom. The van der Waals surface area contributed by atoms with E-state index in [0.717, 1.165) is 11.5 Å². The highest BCUT2D eigenvalue weighted by atomic mass is 15.1. The fourth-order valence-electron chi connectivity index (χ4n) is 1.01. The van der Waals surface area contributed by atoms with E-state index < -0.39 is 0 Å². The smallest absolute Gasteiger partial charge is 0.211 e. The minimum atomic E-state index is 0.527. The molecular weight excluding hydrogens is 128 g/mol. The third-order valence-electron chi connectivity index (χ3n) is 1.52. The number of H-pyrrole nitrogens is 1. The number of nitrogens with one attached hydrogen (secondary N) is 1. The van der Waals surface area contributed by atoms with Crippen molar-refractivity contribution in [3.05, 3.63) is 24.3 Å². The van der Waals surface area contributed by atoms with Crippen molar-refractivity contribution in [3.8, 4) is 0 Å². The number of imidazole rings is 2. The summed E-state index contributed by atoms with van der Waals surface area (Å²) in [7, 11) is 0. The van der Waals surface area contributed by atoms with Gasteiger partial charge in [0, 0.05) is 18.9 Å². The third-order valence-corrected chi connectivity index (χ3v) is 1.52. The van der Waals surface area contributed by atoms with Crippen LogP contribution in [0.15, 0.2) is 18.6 Å². The Balaban J connectivity index is 2.76. The molecule has 0 aliphatic heterocycles. The van der Waals surface area contributed by atoms with E-state index in [2.05, 4.69) is 9.97 Å². The first kappa shape index (κ1) is 5.49. The molecular formula is C6H8N4. The maximum absolute atomic E-state index is 5.44. The molecule has 4 heteroatoms. The summed E-state index contributed by atoms with van der Waals surface area (Å²) in [6.45, 7) is 0.527. The lowest BCUT2D eigenvalue weighted by Gasteiger charge is -1.88. The molecule has 2 aromatic heterocycles. The van der Waals surface area contributed by atoms with Crippen molar-refractivity contribution in [1.29, 1.82) is 0 Å². The van der Waals surface area contributed by atoms with Crippen molar-refractivity contribution < 1.29 is 0 Å². The van der Waals surface area contributed by atoms with Crippen LogP contribution < -0.4 is 5.73 Å². The number of aromatic nitrogens is 3. The molecule has 10 heavy (non-hydrogen) atoms. The zero-order valence-corrected chi connectivity index (χ0v) is 5.41. The number of nitrogens with two attached hydrogens (primary N) is 1. The molecule has 2 heterocycles. The first-order valence-corrected chi connectivity index (χ1v) is 3.11. The molecule has 0 amide bonds. The van der Waals surface area contributed by atoms with Crippen LogP contribution >= 0.6 is 0 Å². The van der Waals surface area contributed by atoms with Gasteiger partial charge in [-0.3, -0.25) is 4.40 Å². The quantitative estimate of drug-likeness (QED) is 0.585. The summed E-state index contributed by atoms with van der Waals surface area (Å²) in [6, 6.07) is 0. The van der Waals surface area contributed by atoms with E-state index in [1.165, 1.54) is 0 Å². The Morgan fingerprint density at radius 3 is 3.40 bits per heavy atom. The van der Waals surface area contributed by atoms with Crippen LogP contribution in [0, 0.1) is 0 Å². The van der Waals surface area contributed by atoms with Crippen molar-refractivity contribution in [2.75, 3.05) is 0 Å². The Morgan fingerprint density at radius 2 is 2.60 bits per heavy atom. The summed E-state index contributed by atoms with van der Waals surface area (Å²) in [5, 5.41) is 0. The van der Waals surface area contributed by atoms with Crippen LogP contribution in [0.5, 0.6) is 0 Å². The van der Waals surface area contributed by atoms with Gasteiger partial charge < -0.3 is 10.7 Å². The zero-order valence-electron chi connectivity index (χ0n) is 5.41. The van der Waals surface area contributed by atoms with Gasteiger partial charge in [0.2, 0.25) is 5.78 Å². The lowest BCUT2D eigenvalue weighted by atomic mass is 10.5. The number of hydrogen-bond donors (Lipinski definition) is 2. The van der Waals surface area contributed by atoms with Gasteiger partial charge in [0.1, 0.15) is 0 Å². The van der Waals surface area contributed by atoms with Crippen molar-refractivity contribution in [3.63, 3.8) is 0 Å². The Hall–Kier alpha value is -1.29. The van der Waals surface area contributed by atoms with E-state index in [-0.39, 0.29) is 0 Å². The number of rotatable bonds is 1. The summed E-state index contributed by atoms with van der Waals surface area (Å²) in [5.41, 5.74) is 6.47. The van der Waals surface area contributed by atoms with Crippen molar-refractivity contribution in [2.45, 2.75) is 6.54 Å². The third kappa shape index (κ3) is 0.563. The average Bonchev–Trinajstić information content (AvgIpc) is 2.44. The maximum Gasteiger partial charge on any atom is 0.211 e. The fraction of sp³-hybridized carbons (Fsp3) is 0.167. The van der Waals surface area contributed by atoms with E-state index >= 15 is 0 Å². The molecule has 0 atom stereocenters. The van der Waals surface area contributed by atoms with Gasteiger partial charge in [-0.25, -0.2) is 4.98 Å². The summed E-state index contributed by atoms with van der Waals surface area (Å²) >= 11 is 0. The molecule has 0 spiro atoms. The molecule has 4 nitrogen and oxygen atoms in total. The van der Waals surface area contributed by atoms with E-state index in [4.69, 9.17) is 5.73 Å². The van der Waals surface area contributed by atoms with Gasteiger partial charge in [0.15, 0.2) is 0 Å². The maximum atomic E-state index is 5.44. The van der Waals surface area contributed by atoms with Gasteiger partial charge in [-0.2, -0.15) is 0 Å². The predicted molar refractivity (Wildman–Crippen MR) is 37.4 cm³/mol. The Bertz CT molecular complexity index is 332. The van der Waals surface area contributed by atoms with Crippen LogP contribution in [0.3, 0.4) is 0 Å². The fourth-order valence-corrected chi connectivity index (χ4v) is 1.01. The lowest BCUT2D eigenvalue weighted by Crippen LogP contribution is -1.98. The van der Waals surface area contributed by atoms with Gasteiger partial charge >= 0.3 is 0 Å². The number of nitrogens with zero attached hydrogens (tertiary/aromatic N) is 2. The van der Waals surface area contributed by atoms with Crippen LogP contribution in [0.2, 0.25) is 0 Å². The molecule has 0 saturated carbocycles. The van der Waals surface area contributed by atoms with Crippen LogP contribution in [0.4, 0.5) is 0 Å². The Labute approximate surface area is 57.7 Å². The second-order valence-corrected chi connectivity index (χ2v) is 2.11. The molecule has 0 aliphatic carbocycles. The SMILES string of the molecule is NCc1cnc2[nH]ccn12. The van der Waals surface area contributed by atoms with Crippen LogP contribution in [-0.2, 0) is 6.54 Å². The normalized spacial score (nSPS) is 10.9. The predicted octanol–water partition coefficient (Wildman–Crippen LogP) is 0.121. The molecule has 3 N–H and O–H groups in total. The lowest BCUT2D eigenvalue weighted by molar-refractivity contribution is 0.965. The number of fused-ring (bicyclic) bond motifs is 1. The number of hydrogen-bond acceptors (Lipinski definition) is 2. The summed E-state index contributed by atoms with van der Waals surface area (Å²) < 4.78 is 1.93. The molecule has 0 saturated heterocycles. The first-order chi connectivity index (χ1) is 4.92. The van der Waals surface area contributed by atoms with Crippen LogP contribution in [0.25, 0.3) is 5.78 Å². The molecule has 0 bridgehead atoms. The van der Waals surface area contributed by atoms with Gasteiger partial charge in [-0.1, -0.05) is 0 Å². The number of aromatic amines is 1. The molecule has 2 aromatic rings. The van der Waals surface area contributed by atoms with Gasteiger partial charge in [-0.15, -0.1) is 0 Å².